The molecule has 0 bridgehead atoms. The summed E-state index contributed by atoms with van der Waals surface area (Å²) in [4.78, 5) is 6.98. The van der Waals surface area contributed by atoms with E-state index < -0.39 is 0 Å². The molecule has 1 saturated heterocycles. The van der Waals surface area contributed by atoms with E-state index in [9.17, 15) is 0 Å². The molecule has 5 nitrogen and oxygen atoms in total. The molecule has 0 radical (unpaired) electrons. The van der Waals surface area contributed by atoms with Crippen molar-refractivity contribution in [2.75, 3.05) is 32.0 Å². The van der Waals surface area contributed by atoms with Crippen LogP contribution in [-0.4, -0.2) is 37.5 Å². The lowest BCUT2D eigenvalue weighted by Gasteiger charge is -2.36. The van der Waals surface area contributed by atoms with E-state index in [1.54, 1.807) is 0 Å². The Labute approximate surface area is 121 Å². The third-order valence-corrected chi connectivity index (χ3v) is 3.99. The SMILES string of the molecule is CN1CCC(C)(CN=C(NN)Nc2ccccc2)CC1. The van der Waals surface area contributed by atoms with Crippen LogP contribution >= 0.6 is 0 Å². The summed E-state index contributed by atoms with van der Waals surface area (Å²) in [5.74, 6) is 6.17. The van der Waals surface area contributed by atoms with E-state index in [-0.39, 0.29) is 5.41 Å². The van der Waals surface area contributed by atoms with Crippen LogP contribution in [0.2, 0.25) is 0 Å². The molecule has 0 atom stereocenters. The Morgan fingerprint density at radius 1 is 1.30 bits per heavy atom. The van der Waals surface area contributed by atoms with Crippen LogP contribution in [0.1, 0.15) is 19.8 Å². The van der Waals surface area contributed by atoms with Crippen molar-refractivity contribution in [3.05, 3.63) is 30.3 Å². The summed E-state index contributed by atoms with van der Waals surface area (Å²) in [6, 6.07) is 9.93. The van der Waals surface area contributed by atoms with E-state index in [1.165, 1.54) is 12.8 Å². The molecule has 1 aromatic rings. The number of rotatable bonds is 3. The topological polar surface area (TPSA) is 65.7 Å². The predicted octanol–water partition coefficient (Wildman–Crippen LogP) is 1.65. The van der Waals surface area contributed by atoms with E-state index in [2.05, 4.69) is 34.6 Å². The van der Waals surface area contributed by atoms with Crippen LogP contribution in [0, 0.1) is 5.41 Å². The van der Waals surface area contributed by atoms with Gasteiger partial charge in [0.25, 0.3) is 0 Å². The zero-order valence-corrected chi connectivity index (χ0v) is 12.4. The molecule has 0 unspecified atom stereocenters. The number of nitrogens with zero attached hydrogens (tertiary/aromatic N) is 2. The minimum atomic E-state index is 0.271. The Balaban J connectivity index is 1.94. The number of aliphatic imine (C=N–C) groups is 1. The lowest BCUT2D eigenvalue weighted by molar-refractivity contribution is 0.147. The molecular formula is C15H25N5. The minimum Gasteiger partial charge on any atom is -0.325 e. The summed E-state index contributed by atoms with van der Waals surface area (Å²) in [7, 11) is 2.17. The molecule has 1 fully saturated rings. The maximum Gasteiger partial charge on any atom is 0.210 e. The normalized spacial score (nSPS) is 19.6. The van der Waals surface area contributed by atoms with Gasteiger partial charge in [-0.2, -0.15) is 0 Å². The second kappa shape index (κ2) is 6.72. The molecule has 0 aliphatic carbocycles. The highest BCUT2D eigenvalue weighted by Gasteiger charge is 2.28. The van der Waals surface area contributed by atoms with Crippen LogP contribution in [0.15, 0.2) is 35.3 Å². The van der Waals surface area contributed by atoms with Crippen LogP contribution in [0.3, 0.4) is 0 Å². The van der Waals surface area contributed by atoms with Gasteiger partial charge in [0.1, 0.15) is 0 Å². The van der Waals surface area contributed by atoms with E-state index in [4.69, 9.17) is 5.84 Å². The van der Waals surface area contributed by atoms with Crippen LogP contribution in [-0.2, 0) is 0 Å². The number of likely N-dealkylation sites (tertiary alicyclic amines) is 1. The fraction of sp³-hybridized carbons (Fsp3) is 0.533. The van der Waals surface area contributed by atoms with Gasteiger partial charge >= 0.3 is 0 Å². The number of hydrogen-bond acceptors (Lipinski definition) is 3. The fourth-order valence-corrected chi connectivity index (χ4v) is 2.37. The van der Waals surface area contributed by atoms with Gasteiger partial charge in [0.15, 0.2) is 0 Å². The Morgan fingerprint density at radius 2 is 1.95 bits per heavy atom. The van der Waals surface area contributed by atoms with Crippen molar-refractivity contribution in [2.24, 2.45) is 16.3 Å². The summed E-state index contributed by atoms with van der Waals surface area (Å²) in [5, 5.41) is 3.20. The van der Waals surface area contributed by atoms with E-state index in [1.807, 2.05) is 30.3 Å². The van der Waals surface area contributed by atoms with Gasteiger partial charge in [-0.25, -0.2) is 5.84 Å². The number of nitrogens with one attached hydrogen (secondary N) is 2. The van der Waals surface area contributed by atoms with Crippen LogP contribution in [0.5, 0.6) is 0 Å². The lowest BCUT2D eigenvalue weighted by Crippen LogP contribution is -2.40. The number of anilines is 1. The van der Waals surface area contributed by atoms with Gasteiger partial charge in [-0.1, -0.05) is 25.1 Å². The van der Waals surface area contributed by atoms with E-state index in [0.29, 0.717) is 5.96 Å². The van der Waals surface area contributed by atoms with Gasteiger partial charge in [-0.3, -0.25) is 10.4 Å². The average molecular weight is 275 g/mol. The van der Waals surface area contributed by atoms with Crippen molar-refractivity contribution in [2.45, 2.75) is 19.8 Å². The van der Waals surface area contributed by atoms with Gasteiger partial charge in [0.2, 0.25) is 5.96 Å². The predicted molar refractivity (Wildman–Crippen MR) is 84.5 cm³/mol. The highest BCUT2D eigenvalue weighted by atomic mass is 15.3. The fourth-order valence-electron chi connectivity index (χ4n) is 2.37. The maximum absolute atomic E-state index is 5.55. The number of guanidine groups is 1. The van der Waals surface area contributed by atoms with Crippen LogP contribution in [0.4, 0.5) is 5.69 Å². The van der Waals surface area contributed by atoms with Crippen LogP contribution in [0.25, 0.3) is 0 Å². The Morgan fingerprint density at radius 3 is 2.55 bits per heavy atom. The molecule has 0 saturated carbocycles. The summed E-state index contributed by atoms with van der Waals surface area (Å²) in [6.07, 6.45) is 2.35. The standard InChI is InChI=1S/C15H25N5/c1-15(8-10-20(2)11-9-15)12-17-14(19-16)18-13-6-4-3-5-7-13/h3-7H,8-12,16H2,1-2H3,(H2,17,18,19). The van der Waals surface area contributed by atoms with Crippen molar-refractivity contribution in [1.82, 2.24) is 10.3 Å². The number of nitrogens with two attached hydrogens (primary N) is 1. The largest absolute Gasteiger partial charge is 0.325 e. The second-order valence-electron chi connectivity index (χ2n) is 5.91. The first-order valence-corrected chi connectivity index (χ1v) is 7.13. The van der Waals surface area contributed by atoms with E-state index in [0.717, 1.165) is 25.3 Å². The molecule has 1 heterocycles. The Bertz CT molecular complexity index is 435. The number of para-hydroxylation sites is 1. The first-order chi connectivity index (χ1) is 9.61. The zero-order chi connectivity index (χ0) is 14.4. The third kappa shape index (κ3) is 4.21. The second-order valence-corrected chi connectivity index (χ2v) is 5.91. The molecule has 5 heteroatoms. The van der Waals surface area contributed by atoms with Crippen molar-refractivity contribution >= 4 is 11.6 Å². The average Bonchev–Trinajstić information content (AvgIpc) is 2.48. The molecular weight excluding hydrogens is 250 g/mol. The van der Waals surface area contributed by atoms with Gasteiger partial charge in [-0.15, -0.1) is 0 Å². The van der Waals surface area contributed by atoms with Crippen molar-refractivity contribution in [3.8, 4) is 0 Å². The highest BCUT2D eigenvalue weighted by Crippen LogP contribution is 2.30. The molecule has 0 spiro atoms. The third-order valence-electron chi connectivity index (χ3n) is 3.99. The lowest BCUT2D eigenvalue weighted by atomic mass is 9.80. The van der Waals surface area contributed by atoms with Crippen molar-refractivity contribution in [3.63, 3.8) is 0 Å². The monoisotopic (exact) mass is 275 g/mol. The van der Waals surface area contributed by atoms with Crippen molar-refractivity contribution in [1.29, 1.82) is 0 Å². The molecule has 2 rings (SSSR count). The Hall–Kier alpha value is -1.59. The highest BCUT2D eigenvalue weighted by molar-refractivity contribution is 5.93. The van der Waals surface area contributed by atoms with Crippen molar-refractivity contribution < 1.29 is 0 Å². The summed E-state index contributed by atoms with van der Waals surface area (Å²) >= 11 is 0. The Kier molecular flexibility index (Phi) is 4.98. The molecule has 1 aromatic carbocycles. The van der Waals surface area contributed by atoms with E-state index >= 15 is 0 Å². The molecule has 4 N–H and O–H groups in total. The number of hydrazine groups is 1. The summed E-state index contributed by atoms with van der Waals surface area (Å²) in [5.41, 5.74) is 3.90. The summed E-state index contributed by atoms with van der Waals surface area (Å²) < 4.78 is 0. The maximum atomic E-state index is 5.55. The first kappa shape index (κ1) is 14.8. The number of benzene rings is 1. The summed E-state index contributed by atoms with van der Waals surface area (Å²) in [6.45, 7) is 5.38. The molecule has 110 valence electrons. The molecule has 0 aromatic heterocycles. The van der Waals surface area contributed by atoms with Gasteiger partial charge in [-0.05, 0) is 50.5 Å². The zero-order valence-electron chi connectivity index (χ0n) is 12.4. The molecule has 0 amide bonds. The van der Waals surface area contributed by atoms with Gasteiger partial charge < -0.3 is 10.2 Å². The smallest absolute Gasteiger partial charge is 0.210 e. The van der Waals surface area contributed by atoms with Gasteiger partial charge in [0, 0.05) is 12.2 Å². The number of piperidine rings is 1. The molecule has 1 aliphatic heterocycles. The quantitative estimate of drug-likeness (QED) is 0.340. The number of hydrogen-bond donors (Lipinski definition) is 3. The van der Waals surface area contributed by atoms with Gasteiger partial charge in [0.05, 0.1) is 0 Å². The first-order valence-electron chi connectivity index (χ1n) is 7.13. The minimum absolute atomic E-state index is 0.271. The molecule has 1 aliphatic rings. The van der Waals surface area contributed by atoms with Crippen LogP contribution < -0.4 is 16.6 Å². The molecule has 20 heavy (non-hydrogen) atoms.